The van der Waals surface area contributed by atoms with Gasteiger partial charge in [0.05, 0.1) is 22.1 Å². The van der Waals surface area contributed by atoms with Crippen molar-refractivity contribution in [3.05, 3.63) is 240 Å². The Morgan fingerprint density at radius 2 is 0.984 bits per heavy atom. The molecule has 9 aromatic carbocycles. The third-order valence-electron chi connectivity index (χ3n) is 13.8. The van der Waals surface area contributed by atoms with Crippen molar-refractivity contribution < 1.29 is 0 Å². The maximum absolute atomic E-state index is 2.53. The molecule has 0 saturated heterocycles. The fourth-order valence-electron chi connectivity index (χ4n) is 11.2. The van der Waals surface area contributed by atoms with Crippen LogP contribution in [0.5, 0.6) is 0 Å². The zero-order chi connectivity index (χ0) is 40.5. The van der Waals surface area contributed by atoms with E-state index in [0.29, 0.717) is 0 Å². The Morgan fingerprint density at radius 1 is 0.393 bits per heavy atom. The highest BCUT2D eigenvalue weighted by Gasteiger charge is 2.52. The number of para-hydroxylation sites is 3. The number of hydrogen-bond acceptors (Lipinski definition) is 2. The number of nitrogens with zero attached hydrogens (tertiary/aromatic N) is 2. The highest BCUT2D eigenvalue weighted by atomic mass is 32.1. The SMILES string of the molecule is CC1(C)c2ccccc2C2(c3ccccc3-n3c4ccccc4c4cccc2c43)c2ccc(N(c3ccc(-c4ccccc4)cc3)c3ccc4sc5ccccc5c4c3)cc21. The van der Waals surface area contributed by atoms with Gasteiger partial charge in [0.2, 0.25) is 0 Å². The van der Waals surface area contributed by atoms with Gasteiger partial charge in [-0.15, -0.1) is 11.3 Å². The predicted octanol–water partition coefficient (Wildman–Crippen LogP) is 15.6. The molecule has 1 aliphatic carbocycles. The number of rotatable bonds is 4. The van der Waals surface area contributed by atoms with Crippen molar-refractivity contribution in [3.8, 4) is 16.8 Å². The average Bonchev–Trinajstić information content (AvgIpc) is 3.86. The Morgan fingerprint density at radius 3 is 1.84 bits per heavy atom. The molecule has 61 heavy (non-hydrogen) atoms. The Balaban J connectivity index is 1.10. The third kappa shape index (κ3) is 4.67. The van der Waals surface area contributed by atoms with Crippen molar-refractivity contribution in [2.45, 2.75) is 24.7 Å². The summed E-state index contributed by atoms with van der Waals surface area (Å²) in [6, 6.07) is 77.3. The summed E-state index contributed by atoms with van der Waals surface area (Å²) in [5, 5.41) is 5.17. The van der Waals surface area contributed by atoms with Crippen molar-refractivity contribution in [1.82, 2.24) is 4.57 Å². The van der Waals surface area contributed by atoms with Crippen LogP contribution in [0.25, 0.3) is 58.8 Å². The van der Waals surface area contributed by atoms with Gasteiger partial charge in [0.25, 0.3) is 0 Å². The molecular weight excluding hydrogens is 757 g/mol. The van der Waals surface area contributed by atoms with Crippen molar-refractivity contribution in [1.29, 1.82) is 0 Å². The Bertz CT molecular complexity index is 3570. The fraction of sp³-hybridized carbons (Fsp3) is 0.0690. The molecule has 2 nitrogen and oxygen atoms in total. The fourth-order valence-corrected chi connectivity index (χ4v) is 12.3. The van der Waals surface area contributed by atoms with E-state index in [-0.39, 0.29) is 5.41 Å². The van der Waals surface area contributed by atoms with Gasteiger partial charge in [-0.1, -0.05) is 159 Å². The van der Waals surface area contributed by atoms with Gasteiger partial charge in [-0.05, 0) is 105 Å². The van der Waals surface area contributed by atoms with Crippen LogP contribution in [0.3, 0.4) is 0 Å². The summed E-state index contributed by atoms with van der Waals surface area (Å²) in [5.74, 6) is 0. The molecule has 0 N–H and O–H groups in total. The number of fused-ring (bicyclic) bond motifs is 14. The number of thiophene rings is 1. The smallest absolute Gasteiger partial charge is 0.0748 e. The van der Waals surface area contributed by atoms with E-state index in [4.69, 9.17) is 0 Å². The topological polar surface area (TPSA) is 8.17 Å². The van der Waals surface area contributed by atoms with Gasteiger partial charge in [-0.2, -0.15) is 0 Å². The molecule has 1 spiro atoms. The monoisotopic (exact) mass is 796 g/mol. The maximum atomic E-state index is 2.53. The third-order valence-corrected chi connectivity index (χ3v) is 15.0. The molecule has 13 rings (SSSR count). The molecule has 3 heterocycles. The second-order valence-electron chi connectivity index (χ2n) is 17.2. The average molecular weight is 797 g/mol. The van der Waals surface area contributed by atoms with Crippen LogP contribution < -0.4 is 4.90 Å². The molecule has 3 heteroatoms. The Kier molecular flexibility index (Phi) is 7.19. The van der Waals surface area contributed by atoms with Gasteiger partial charge >= 0.3 is 0 Å². The highest BCUT2D eigenvalue weighted by molar-refractivity contribution is 7.25. The minimum Gasteiger partial charge on any atom is -0.310 e. The second kappa shape index (κ2) is 12.7. The zero-order valence-corrected chi connectivity index (χ0v) is 34.7. The van der Waals surface area contributed by atoms with Gasteiger partial charge in [-0.3, -0.25) is 0 Å². The summed E-state index contributed by atoms with van der Waals surface area (Å²) in [4.78, 5) is 2.47. The first-order valence-electron chi connectivity index (χ1n) is 21.3. The summed E-state index contributed by atoms with van der Waals surface area (Å²) < 4.78 is 5.15. The molecular formula is C58H40N2S. The van der Waals surface area contributed by atoms with Crippen LogP contribution in [0.2, 0.25) is 0 Å². The lowest BCUT2D eigenvalue weighted by Crippen LogP contribution is -2.44. The molecule has 288 valence electrons. The van der Waals surface area contributed by atoms with Crippen LogP contribution in [0.1, 0.15) is 47.2 Å². The van der Waals surface area contributed by atoms with Gasteiger partial charge in [0.1, 0.15) is 0 Å². The van der Waals surface area contributed by atoms with Crippen LogP contribution >= 0.6 is 11.3 Å². The van der Waals surface area contributed by atoms with Crippen LogP contribution in [-0.4, -0.2) is 4.57 Å². The van der Waals surface area contributed by atoms with E-state index in [1.807, 2.05) is 11.3 Å². The molecule has 1 unspecified atom stereocenters. The molecule has 0 radical (unpaired) electrons. The first kappa shape index (κ1) is 34.6. The van der Waals surface area contributed by atoms with Crippen molar-refractivity contribution in [3.63, 3.8) is 0 Å². The van der Waals surface area contributed by atoms with E-state index in [9.17, 15) is 0 Å². The lowest BCUT2D eigenvalue weighted by molar-refractivity contribution is 0.556. The summed E-state index contributed by atoms with van der Waals surface area (Å²) in [5.41, 5.74) is 16.8. The molecule has 0 amide bonds. The summed E-state index contributed by atoms with van der Waals surface area (Å²) in [6.07, 6.45) is 0. The minimum absolute atomic E-state index is 0.295. The molecule has 1 aliphatic heterocycles. The highest BCUT2D eigenvalue weighted by Crippen LogP contribution is 2.61. The van der Waals surface area contributed by atoms with E-state index in [0.717, 1.165) is 17.1 Å². The van der Waals surface area contributed by atoms with E-state index in [1.165, 1.54) is 92.2 Å². The molecule has 0 fully saturated rings. The van der Waals surface area contributed by atoms with Gasteiger partial charge in [0.15, 0.2) is 0 Å². The number of aromatic nitrogens is 1. The lowest BCUT2D eigenvalue weighted by Gasteiger charge is -2.50. The summed E-state index contributed by atoms with van der Waals surface area (Å²) in [6.45, 7) is 4.85. The van der Waals surface area contributed by atoms with Crippen molar-refractivity contribution in [2.24, 2.45) is 0 Å². The number of benzene rings is 9. The minimum atomic E-state index is -0.545. The molecule has 0 bridgehead atoms. The van der Waals surface area contributed by atoms with Gasteiger partial charge < -0.3 is 9.47 Å². The van der Waals surface area contributed by atoms with E-state index in [1.54, 1.807) is 0 Å². The largest absolute Gasteiger partial charge is 0.310 e. The first-order valence-corrected chi connectivity index (χ1v) is 22.1. The van der Waals surface area contributed by atoms with E-state index in [2.05, 4.69) is 230 Å². The molecule has 11 aromatic rings. The number of anilines is 3. The second-order valence-corrected chi connectivity index (χ2v) is 18.3. The van der Waals surface area contributed by atoms with Gasteiger partial charge in [0, 0.05) is 53.4 Å². The summed E-state index contributed by atoms with van der Waals surface area (Å²) in [7, 11) is 0. The predicted molar refractivity (Wildman–Crippen MR) is 258 cm³/mol. The van der Waals surface area contributed by atoms with Crippen molar-refractivity contribution in [2.75, 3.05) is 4.90 Å². The molecule has 0 saturated carbocycles. The number of hydrogen-bond donors (Lipinski definition) is 0. The molecule has 1 atom stereocenters. The maximum Gasteiger partial charge on any atom is 0.0748 e. The van der Waals surface area contributed by atoms with Crippen LogP contribution in [-0.2, 0) is 10.8 Å². The molecule has 2 aliphatic rings. The Hall–Kier alpha value is -7.20. The Labute approximate surface area is 359 Å². The van der Waals surface area contributed by atoms with E-state index < -0.39 is 5.41 Å². The van der Waals surface area contributed by atoms with E-state index >= 15 is 0 Å². The van der Waals surface area contributed by atoms with Crippen LogP contribution in [0.4, 0.5) is 17.1 Å². The van der Waals surface area contributed by atoms with Gasteiger partial charge in [-0.25, -0.2) is 0 Å². The summed E-state index contributed by atoms with van der Waals surface area (Å²) >= 11 is 1.87. The van der Waals surface area contributed by atoms with Crippen LogP contribution in [0, 0.1) is 0 Å². The molecule has 2 aromatic heterocycles. The first-order chi connectivity index (χ1) is 30.0. The quantitative estimate of drug-likeness (QED) is 0.172. The normalized spacial score (nSPS) is 15.9. The zero-order valence-electron chi connectivity index (χ0n) is 33.9. The van der Waals surface area contributed by atoms with Crippen molar-refractivity contribution >= 4 is 70.4 Å². The standard InChI is InChI=1S/C58H40N2S/c1-57(2)46-20-8-9-21-47(46)58(49-22-10-12-25-53(49)60-52-24-11-6-17-42(52)44-19-14-23-50(58)56(44)60)48-33-31-41(36-51(48)57)59(39-29-27-38(28-30-39)37-15-4-3-5-16-37)40-32-34-55-45(35-40)43-18-7-13-26-54(43)61-55/h3-36H,1-2H3. The van der Waals surface area contributed by atoms with Crippen LogP contribution in [0.15, 0.2) is 206 Å². The lowest BCUT2D eigenvalue weighted by atomic mass is 9.53.